The Kier molecular flexibility index (Phi) is 6.48. The van der Waals surface area contributed by atoms with Gasteiger partial charge < -0.3 is 9.84 Å². The molecule has 0 amide bonds. The number of carboxylic acids is 1. The van der Waals surface area contributed by atoms with Crippen LogP contribution < -0.4 is 4.74 Å². The van der Waals surface area contributed by atoms with E-state index in [0.29, 0.717) is 52.8 Å². The number of aromatic carboxylic acids is 1. The Hall–Kier alpha value is -3.65. The summed E-state index contributed by atoms with van der Waals surface area (Å²) in [6.45, 7) is 6.20. The molecule has 3 aromatic rings. The number of hydrogen-bond acceptors (Lipinski definition) is 4. The Labute approximate surface area is 176 Å². The summed E-state index contributed by atoms with van der Waals surface area (Å²) in [5.41, 5.74) is 3.58. The quantitative estimate of drug-likeness (QED) is 0.574. The molecule has 5 nitrogen and oxygen atoms in total. The van der Waals surface area contributed by atoms with Crippen LogP contribution in [0.15, 0.2) is 54.6 Å². The van der Waals surface area contributed by atoms with Crippen molar-refractivity contribution < 1.29 is 14.6 Å². The molecule has 0 saturated heterocycles. The van der Waals surface area contributed by atoms with Crippen molar-refractivity contribution in [1.29, 1.82) is 5.26 Å². The van der Waals surface area contributed by atoms with E-state index < -0.39 is 5.97 Å². The molecule has 0 radical (unpaired) electrons. The minimum atomic E-state index is -1.09. The monoisotopic (exact) mass is 400 g/mol. The average molecular weight is 400 g/mol. The van der Waals surface area contributed by atoms with Gasteiger partial charge in [0.25, 0.3) is 0 Å². The maximum Gasteiger partial charge on any atom is 0.338 e. The molecule has 1 heterocycles. The molecule has 0 fully saturated rings. The molecule has 0 aliphatic rings. The van der Waals surface area contributed by atoms with E-state index in [0.717, 1.165) is 5.56 Å². The van der Waals surface area contributed by atoms with Gasteiger partial charge in [-0.2, -0.15) is 5.26 Å². The van der Waals surface area contributed by atoms with E-state index in [-0.39, 0.29) is 5.56 Å². The number of aryl methyl sites for hydroxylation is 1. The number of aromatic nitrogens is 1. The van der Waals surface area contributed by atoms with Crippen LogP contribution in [-0.4, -0.2) is 16.1 Å². The fraction of sp³-hybridized carbons (Fsp3) is 0.240. The summed E-state index contributed by atoms with van der Waals surface area (Å²) < 4.78 is 5.82. The smallest absolute Gasteiger partial charge is 0.338 e. The molecule has 152 valence electrons. The second-order valence-corrected chi connectivity index (χ2v) is 7.58. The van der Waals surface area contributed by atoms with Crippen LogP contribution in [0.25, 0.3) is 11.1 Å². The van der Waals surface area contributed by atoms with E-state index in [9.17, 15) is 15.2 Å². The van der Waals surface area contributed by atoms with Crippen molar-refractivity contribution in [3.05, 3.63) is 82.7 Å². The first-order valence-corrected chi connectivity index (χ1v) is 9.84. The summed E-state index contributed by atoms with van der Waals surface area (Å²) in [5, 5.41) is 19.6. The predicted molar refractivity (Wildman–Crippen MR) is 115 cm³/mol. The Morgan fingerprint density at radius 1 is 1.13 bits per heavy atom. The maximum absolute atomic E-state index is 12.0. The minimum Gasteiger partial charge on any atom is -0.489 e. The van der Waals surface area contributed by atoms with Crippen LogP contribution in [0, 0.1) is 24.2 Å². The minimum absolute atomic E-state index is 0.0667. The number of nitrogens with zero attached hydrogens (tertiary/aromatic N) is 2. The first kappa shape index (κ1) is 21.1. The zero-order chi connectivity index (χ0) is 21.7. The number of nitriles is 1. The van der Waals surface area contributed by atoms with Gasteiger partial charge in [0.2, 0.25) is 0 Å². The molecule has 5 heteroatoms. The van der Waals surface area contributed by atoms with E-state index in [2.05, 4.69) is 11.1 Å². The number of ether oxygens (including phenoxy) is 1. The largest absolute Gasteiger partial charge is 0.489 e. The lowest BCUT2D eigenvalue weighted by Crippen LogP contribution is -2.12. The molecule has 1 aromatic heterocycles. The van der Waals surface area contributed by atoms with E-state index in [1.807, 2.05) is 44.2 Å². The highest BCUT2D eigenvalue weighted by Crippen LogP contribution is 2.33. The Balaban J connectivity index is 2.00. The van der Waals surface area contributed by atoms with Gasteiger partial charge in [0.1, 0.15) is 18.4 Å². The SMILES string of the molecule is Cc1nc(CC(C)C)c(C#N)c(-c2ccc(OCc3ccccc3)cc2)c1C(=O)O. The third-order valence-corrected chi connectivity index (χ3v) is 4.77. The normalized spacial score (nSPS) is 10.6. The molecule has 0 atom stereocenters. The third kappa shape index (κ3) is 4.66. The van der Waals surface area contributed by atoms with Crippen molar-refractivity contribution in [1.82, 2.24) is 4.98 Å². The van der Waals surface area contributed by atoms with Crippen molar-refractivity contribution >= 4 is 5.97 Å². The molecule has 0 aliphatic carbocycles. The summed E-state index contributed by atoms with van der Waals surface area (Å²) in [6, 6.07) is 19.2. The fourth-order valence-electron chi connectivity index (χ4n) is 3.43. The fourth-order valence-corrected chi connectivity index (χ4v) is 3.43. The summed E-state index contributed by atoms with van der Waals surface area (Å²) >= 11 is 0. The van der Waals surface area contributed by atoms with Crippen molar-refractivity contribution in [2.75, 3.05) is 0 Å². The molecule has 30 heavy (non-hydrogen) atoms. The van der Waals surface area contributed by atoms with Gasteiger partial charge in [0.15, 0.2) is 0 Å². The average Bonchev–Trinajstić information content (AvgIpc) is 2.72. The molecule has 0 saturated carbocycles. The molecule has 0 aliphatic heterocycles. The molecule has 2 aromatic carbocycles. The Bertz CT molecular complexity index is 1080. The molecular formula is C25H24N2O3. The summed E-state index contributed by atoms with van der Waals surface area (Å²) in [7, 11) is 0. The Morgan fingerprint density at radius 3 is 2.37 bits per heavy atom. The molecule has 0 bridgehead atoms. The van der Waals surface area contributed by atoms with Crippen LogP contribution in [0.4, 0.5) is 0 Å². The van der Waals surface area contributed by atoms with Gasteiger partial charge in [-0.05, 0) is 42.5 Å². The second-order valence-electron chi connectivity index (χ2n) is 7.58. The highest BCUT2D eigenvalue weighted by Gasteiger charge is 2.24. The van der Waals surface area contributed by atoms with Crippen molar-refractivity contribution in [2.45, 2.75) is 33.8 Å². The van der Waals surface area contributed by atoms with Crippen LogP contribution in [0.5, 0.6) is 5.75 Å². The third-order valence-electron chi connectivity index (χ3n) is 4.77. The van der Waals surface area contributed by atoms with Crippen molar-refractivity contribution in [3.8, 4) is 22.9 Å². The molecule has 0 spiro atoms. The Morgan fingerprint density at radius 2 is 1.80 bits per heavy atom. The molecular weight excluding hydrogens is 376 g/mol. The number of carbonyl (C=O) groups is 1. The number of pyridine rings is 1. The number of benzene rings is 2. The van der Waals surface area contributed by atoms with Crippen LogP contribution >= 0.6 is 0 Å². The lowest BCUT2D eigenvalue weighted by atomic mass is 9.90. The van der Waals surface area contributed by atoms with Crippen molar-refractivity contribution in [2.24, 2.45) is 5.92 Å². The van der Waals surface area contributed by atoms with Crippen LogP contribution in [0.2, 0.25) is 0 Å². The molecule has 1 N–H and O–H groups in total. The van der Waals surface area contributed by atoms with Crippen LogP contribution in [0.3, 0.4) is 0 Å². The van der Waals surface area contributed by atoms with Gasteiger partial charge in [-0.25, -0.2) is 4.79 Å². The van der Waals surface area contributed by atoms with Crippen LogP contribution in [-0.2, 0) is 13.0 Å². The van der Waals surface area contributed by atoms with E-state index in [1.54, 1.807) is 31.2 Å². The van der Waals surface area contributed by atoms with E-state index >= 15 is 0 Å². The first-order chi connectivity index (χ1) is 14.4. The zero-order valence-corrected chi connectivity index (χ0v) is 17.3. The predicted octanol–water partition coefficient (Wildman–Crippen LogP) is 5.40. The molecule has 3 rings (SSSR count). The number of rotatable bonds is 7. The summed E-state index contributed by atoms with van der Waals surface area (Å²) in [5.74, 6) is -0.126. The second kappa shape index (κ2) is 9.23. The van der Waals surface area contributed by atoms with Gasteiger partial charge >= 0.3 is 5.97 Å². The van der Waals surface area contributed by atoms with Gasteiger partial charge in [-0.15, -0.1) is 0 Å². The van der Waals surface area contributed by atoms with Gasteiger partial charge in [-0.1, -0.05) is 56.3 Å². The lowest BCUT2D eigenvalue weighted by molar-refractivity contribution is 0.0696. The zero-order valence-electron chi connectivity index (χ0n) is 17.3. The highest BCUT2D eigenvalue weighted by atomic mass is 16.5. The standard InChI is InChI=1S/C25H24N2O3/c1-16(2)13-22-21(14-26)24(23(25(28)29)17(3)27-22)19-9-11-20(12-10-19)30-15-18-7-5-4-6-8-18/h4-12,16H,13,15H2,1-3H3,(H,28,29). The van der Waals surface area contributed by atoms with Gasteiger partial charge in [-0.3, -0.25) is 4.98 Å². The summed E-state index contributed by atoms with van der Waals surface area (Å²) in [6.07, 6.45) is 0.606. The highest BCUT2D eigenvalue weighted by molar-refractivity contribution is 5.99. The summed E-state index contributed by atoms with van der Waals surface area (Å²) in [4.78, 5) is 16.4. The molecule has 0 unspecified atom stereocenters. The maximum atomic E-state index is 12.0. The van der Waals surface area contributed by atoms with E-state index in [1.165, 1.54) is 0 Å². The van der Waals surface area contributed by atoms with Crippen molar-refractivity contribution in [3.63, 3.8) is 0 Å². The van der Waals surface area contributed by atoms with E-state index in [4.69, 9.17) is 4.74 Å². The lowest BCUT2D eigenvalue weighted by Gasteiger charge is -2.16. The number of carboxylic acid groups (broad SMARTS) is 1. The topological polar surface area (TPSA) is 83.2 Å². The first-order valence-electron chi connectivity index (χ1n) is 9.84. The van der Waals surface area contributed by atoms with Gasteiger partial charge in [0.05, 0.1) is 22.5 Å². The van der Waals surface area contributed by atoms with Gasteiger partial charge in [0, 0.05) is 5.56 Å². The van der Waals surface area contributed by atoms with Crippen LogP contribution in [0.1, 0.15) is 46.7 Å². The number of hydrogen-bond donors (Lipinski definition) is 1.